The van der Waals surface area contributed by atoms with Crippen molar-refractivity contribution < 1.29 is 31.1 Å². The number of piperazine rings is 1. The maximum absolute atomic E-state index is 13.0. The molecule has 0 aliphatic carbocycles. The van der Waals surface area contributed by atoms with Crippen molar-refractivity contribution in [1.82, 2.24) is 9.21 Å². The van der Waals surface area contributed by atoms with E-state index in [9.17, 15) is 26.4 Å². The van der Waals surface area contributed by atoms with Crippen LogP contribution in [0.25, 0.3) is 0 Å². The molecule has 0 spiro atoms. The van der Waals surface area contributed by atoms with Gasteiger partial charge >= 0.3 is 6.18 Å². The van der Waals surface area contributed by atoms with E-state index in [1.807, 2.05) is 0 Å². The Morgan fingerprint density at radius 2 is 1.66 bits per heavy atom. The normalized spacial score (nSPS) is 17.6. The second-order valence-electron chi connectivity index (χ2n) is 8.41. The van der Waals surface area contributed by atoms with E-state index >= 15 is 0 Å². The van der Waals surface area contributed by atoms with Gasteiger partial charge < -0.3 is 14.5 Å². The first-order valence-electron chi connectivity index (χ1n) is 11.2. The molecule has 0 unspecified atom stereocenters. The Kier molecular flexibility index (Phi) is 7.48. The number of carbonyl (C=O) groups excluding carboxylic acids is 1. The van der Waals surface area contributed by atoms with E-state index < -0.39 is 21.8 Å². The summed E-state index contributed by atoms with van der Waals surface area (Å²) in [6.45, 7) is 1.81. The lowest BCUT2D eigenvalue weighted by atomic mass is 10.1. The smallest absolute Gasteiger partial charge is 0.416 e. The summed E-state index contributed by atoms with van der Waals surface area (Å²) in [5.74, 6) is -0.287. The quantitative estimate of drug-likeness (QED) is 0.566. The summed E-state index contributed by atoms with van der Waals surface area (Å²) in [6.07, 6.45) is -2.87. The molecule has 2 aliphatic rings. The number of anilines is 1. The van der Waals surface area contributed by atoms with Crippen LogP contribution in [0.5, 0.6) is 5.75 Å². The van der Waals surface area contributed by atoms with Gasteiger partial charge in [-0.15, -0.1) is 0 Å². The zero-order valence-electron chi connectivity index (χ0n) is 18.8. The number of hydrogen-bond donors (Lipinski definition) is 0. The van der Waals surface area contributed by atoms with Gasteiger partial charge in [0.2, 0.25) is 10.0 Å². The van der Waals surface area contributed by atoms with Crippen LogP contribution in [-0.2, 0) is 21.0 Å². The summed E-state index contributed by atoms with van der Waals surface area (Å²) in [6, 6.07) is 9.35. The van der Waals surface area contributed by atoms with Crippen LogP contribution in [-0.4, -0.2) is 69.4 Å². The van der Waals surface area contributed by atoms with E-state index in [2.05, 4.69) is 0 Å². The summed E-state index contributed by atoms with van der Waals surface area (Å²) in [5.41, 5.74) is -0.273. The molecule has 0 N–H and O–H groups in total. The van der Waals surface area contributed by atoms with E-state index in [4.69, 9.17) is 16.3 Å². The van der Waals surface area contributed by atoms with Crippen LogP contribution >= 0.6 is 11.6 Å². The van der Waals surface area contributed by atoms with E-state index in [1.54, 1.807) is 15.9 Å². The Hall–Kier alpha value is -2.50. The van der Waals surface area contributed by atoms with Gasteiger partial charge in [-0.2, -0.15) is 17.5 Å². The molecule has 2 fully saturated rings. The van der Waals surface area contributed by atoms with E-state index in [0.29, 0.717) is 45.0 Å². The van der Waals surface area contributed by atoms with E-state index in [0.717, 1.165) is 25.0 Å². The average molecular weight is 532 g/mol. The summed E-state index contributed by atoms with van der Waals surface area (Å²) < 4.78 is 72.1. The van der Waals surface area contributed by atoms with Crippen molar-refractivity contribution in [3.05, 3.63) is 53.1 Å². The number of benzene rings is 2. The second-order valence-corrected chi connectivity index (χ2v) is 10.7. The number of hydrogen-bond acceptors (Lipinski definition) is 5. The largest absolute Gasteiger partial charge is 0.482 e. The molecule has 0 aromatic heterocycles. The highest BCUT2D eigenvalue weighted by Crippen LogP contribution is 2.33. The van der Waals surface area contributed by atoms with Gasteiger partial charge in [-0.1, -0.05) is 17.7 Å². The van der Waals surface area contributed by atoms with Crippen LogP contribution in [0.15, 0.2) is 47.4 Å². The minimum Gasteiger partial charge on any atom is -0.482 e. The molecule has 35 heavy (non-hydrogen) atoms. The lowest BCUT2D eigenvalue weighted by molar-refractivity contribution is -0.137. The summed E-state index contributed by atoms with van der Waals surface area (Å²) in [5, 5.41) is 0.243. The number of sulfonamides is 1. The van der Waals surface area contributed by atoms with Gasteiger partial charge in [-0.3, -0.25) is 4.79 Å². The zero-order valence-corrected chi connectivity index (χ0v) is 20.4. The summed E-state index contributed by atoms with van der Waals surface area (Å²) >= 11 is 6.03. The summed E-state index contributed by atoms with van der Waals surface area (Å²) in [7, 11) is -3.80. The van der Waals surface area contributed by atoms with E-state index in [-0.39, 0.29) is 28.2 Å². The molecule has 0 radical (unpaired) electrons. The van der Waals surface area contributed by atoms with Crippen LogP contribution in [0.1, 0.15) is 18.4 Å². The highest BCUT2D eigenvalue weighted by molar-refractivity contribution is 7.89. The summed E-state index contributed by atoms with van der Waals surface area (Å²) in [4.78, 5) is 16.0. The number of amides is 1. The van der Waals surface area contributed by atoms with Gasteiger partial charge in [0.05, 0.1) is 5.56 Å². The van der Waals surface area contributed by atoms with Crippen molar-refractivity contribution in [2.45, 2.75) is 23.9 Å². The first-order valence-corrected chi connectivity index (χ1v) is 13.0. The molecule has 1 amide bonds. The first kappa shape index (κ1) is 25.6. The minimum absolute atomic E-state index is 0.0530. The number of ether oxygens (including phenoxy) is 1. The fourth-order valence-corrected chi connectivity index (χ4v) is 6.11. The van der Waals surface area contributed by atoms with Gasteiger partial charge in [-0.25, -0.2) is 8.42 Å². The van der Waals surface area contributed by atoms with Crippen molar-refractivity contribution in [2.24, 2.45) is 0 Å². The number of nitrogens with zero attached hydrogens (tertiary/aromatic N) is 3. The van der Waals surface area contributed by atoms with Crippen LogP contribution in [0.4, 0.5) is 18.9 Å². The number of rotatable bonds is 6. The second kappa shape index (κ2) is 10.2. The maximum atomic E-state index is 13.0. The number of halogens is 4. The monoisotopic (exact) mass is 531 g/mol. The van der Waals surface area contributed by atoms with Crippen molar-refractivity contribution in [1.29, 1.82) is 0 Å². The molecular formula is C23H25ClF3N3O4S. The average Bonchev–Trinajstić information content (AvgIpc) is 3.39. The van der Waals surface area contributed by atoms with Crippen molar-refractivity contribution >= 4 is 33.2 Å². The molecule has 0 atom stereocenters. The Morgan fingerprint density at radius 3 is 2.31 bits per heavy atom. The molecule has 12 heteroatoms. The standard InChI is InChI=1S/C23H25ClF3N3O4S/c24-18-6-7-20(21(15-18)35(32,33)30-8-1-2-9-30)34-16-22(31)29-12-10-28(11-13-29)19-5-3-4-17(14-19)23(25,26)27/h3-7,14-15H,1-2,8-13,16H2. The van der Waals surface area contributed by atoms with Crippen molar-refractivity contribution in [2.75, 3.05) is 50.8 Å². The topological polar surface area (TPSA) is 70.2 Å². The Morgan fingerprint density at radius 1 is 0.971 bits per heavy atom. The van der Waals surface area contributed by atoms with Gasteiger partial charge in [0.1, 0.15) is 10.6 Å². The first-order chi connectivity index (χ1) is 16.6. The third-order valence-electron chi connectivity index (χ3n) is 6.11. The Bertz CT molecular complexity index is 1180. The molecule has 2 aliphatic heterocycles. The predicted molar refractivity (Wildman–Crippen MR) is 125 cm³/mol. The minimum atomic E-state index is -4.42. The predicted octanol–water partition coefficient (Wildman–Crippen LogP) is 3.87. The SMILES string of the molecule is O=C(COc1ccc(Cl)cc1S(=O)(=O)N1CCCC1)N1CCN(c2cccc(C(F)(F)F)c2)CC1. The van der Waals surface area contributed by atoms with Crippen LogP contribution in [0.3, 0.4) is 0 Å². The number of carbonyl (C=O) groups is 1. The molecular weight excluding hydrogens is 507 g/mol. The van der Waals surface area contributed by atoms with Crippen LogP contribution in [0.2, 0.25) is 5.02 Å². The molecule has 0 saturated carbocycles. The lowest BCUT2D eigenvalue weighted by Gasteiger charge is -2.36. The fourth-order valence-electron chi connectivity index (χ4n) is 4.19. The highest BCUT2D eigenvalue weighted by Gasteiger charge is 2.32. The maximum Gasteiger partial charge on any atom is 0.416 e. The molecule has 0 bridgehead atoms. The van der Waals surface area contributed by atoms with E-state index in [1.165, 1.54) is 28.6 Å². The van der Waals surface area contributed by atoms with Gasteiger partial charge in [0.15, 0.2) is 6.61 Å². The molecule has 2 heterocycles. The number of alkyl halides is 3. The third-order valence-corrected chi connectivity index (χ3v) is 8.27. The zero-order chi connectivity index (χ0) is 25.2. The van der Waals surface area contributed by atoms with Gasteiger partial charge in [0, 0.05) is 50.0 Å². The Labute approximate surface area is 207 Å². The van der Waals surface area contributed by atoms with Crippen LogP contribution in [0, 0.1) is 0 Å². The highest BCUT2D eigenvalue weighted by atomic mass is 35.5. The molecule has 4 rings (SSSR count). The molecule has 2 aromatic rings. The van der Waals surface area contributed by atoms with Gasteiger partial charge in [0.25, 0.3) is 5.91 Å². The molecule has 2 saturated heterocycles. The molecule has 2 aromatic carbocycles. The fraction of sp³-hybridized carbons (Fsp3) is 0.435. The Balaban J connectivity index is 1.38. The van der Waals surface area contributed by atoms with Gasteiger partial charge in [-0.05, 0) is 49.2 Å². The molecule has 190 valence electrons. The van der Waals surface area contributed by atoms with Crippen molar-refractivity contribution in [3.63, 3.8) is 0 Å². The van der Waals surface area contributed by atoms with Crippen LogP contribution < -0.4 is 9.64 Å². The van der Waals surface area contributed by atoms with Crippen molar-refractivity contribution in [3.8, 4) is 5.75 Å². The molecule has 7 nitrogen and oxygen atoms in total. The lowest BCUT2D eigenvalue weighted by Crippen LogP contribution is -2.50. The third kappa shape index (κ3) is 5.84.